The van der Waals surface area contributed by atoms with Crippen LogP contribution < -0.4 is 10.6 Å². The first-order valence-electron chi connectivity index (χ1n) is 12.2. The Bertz CT molecular complexity index is 996. The number of benzene rings is 2. The number of carbonyl (C=O) groups is 2. The summed E-state index contributed by atoms with van der Waals surface area (Å²) in [5.41, 5.74) is 2.94. The fourth-order valence-electron chi connectivity index (χ4n) is 4.91. The maximum atomic E-state index is 13.0. The standard InChI is InChI=1S/C27H30N4O3/c32-25(23-16-15-20(28-23)18-9-3-1-4-10-18)29-21-13-7-8-14-22(21)30-26(33)24-17-34-27(31-24)19-11-5-2-6-12-19/h1-6,9-12,21-24H,7-8,13-17H2,(H,29,32)(H,30,33)/t21-,22-,23-,24-/m0/s1. The van der Waals surface area contributed by atoms with Crippen LogP contribution in [0.25, 0.3) is 0 Å². The van der Waals surface area contributed by atoms with Crippen molar-refractivity contribution in [3.63, 3.8) is 0 Å². The number of carbonyl (C=O) groups excluding carboxylic acids is 2. The maximum absolute atomic E-state index is 13.0. The van der Waals surface area contributed by atoms with E-state index in [4.69, 9.17) is 9.73 Å². The summed E-state index contributed by atoms with van der Waals surface area (Å²) in [6.07, 6.45) is 5.26. The van der Waals surface area contributed by atoms with Gasteiger partial charge in [-0.15, -0.1) is 0 Å². The van der Waals surface area contributed by atoms with Gasteiger partial charge in [0.15, 0.2) is 6.04 Å². The number of hydrogen-bond donors (Lipinski definition) is 2. The lowest BCUT2D eigenvalue weighted by molar-refractivity contribution is -0.126. The Morgan fingerprint density at radius 1 is 0.735 bits per heavy atom. The molecule has 7 heteroatoms. The van der Waals surface area contributed by atoms with E-state index in [1.54, 1.807) is 0 Å². The molecule has 0 aromatic heterocycles. The molecular weight excluding hydrogens is 428 g/mol. The summed E-state index contributed by atoms with van der Waals surface area (Å²) in [5.74, 6) is 0.301. The van der Waals surface area contributed by atoms with Gasteiger partial charge in [0, 0.05) is 23.4 Å². The van der Waals surface area contributed by atoms with Gasteiger partial charge in [-0.05, 0) is 43.4 Å². The molecule has 4 atom stereocenters. The van der Waals surface area contributed by atoms with Crippen LogP contribution in [-0.4, -0.2) is 54.2 Å². The molecule has 176 valence electrons. The molecule has 1 aliphatic carbocycles. The molecule has 1 fully saturated rings. The number of aliphatic imine (C=N–C) groups is 2. The molecule has 0 unspecified atom stereocenters. The summed E-state index contributed by atoms with van der Waals surface area (Å²) in [4.78, 5) is 35.1. The number of nitrogens with zero attached hydrogens (tertiary/aromatic N) is 2. The van der Waals surface area contributed by atoms with E-state index in [-0.39, 0.29) is 36.5 Å². The number of hydrogen-bond acceptors (Lipinski definition) is 5. The minimum atomic E-state index is -0.568. The second-order valence-corrected chi connectivity index (χ2v) is 9.14. The van der Waals surface area contributed by atoms with Crippen LogP contribution in [0.4, 0.5) is 0 Å². The Balaban J connectivity index is 1.19. The van der Waals surface area contributed by atoms with E-state index in [0.717, 1.165) is 55.4 Å². The number of ether oxygens (including phenoxy) is 1. The molecule has 0 bridgehead atoms. The molecule has 7 nitrogen and oxygen atoms in total. The average Bonchev–Trinajstić information content (AvgIpc) is 3.57. The molecule has 2 aromatic rings. The lowest BCUT2D eigenvalue weighted by Gasteiger charge is -2.33. The number of nitrogens with one attached hydrogen (secondary N) is 2. The normalized spacial score (nSPS) is 26.2. The second-order valence-electron chi connectivity index (χ2n) is 9.14. The van der Waals surface area contributed by atoms with Crippen LogP contribution in [0.2, 0.25) is 0 Å². The van der Waals surface area contributed by atoms with E-state index < -0.39 is 6.04 Å². The molecule has 5 rings (SSSR count). The van der Waals surface area contributed by atoms with Crippen molar-refractivity contribution in [3.8, 4) is 0 Å². The summed E-state index contributed by atoms with van der Waals surface area (Å²) >= 11 is 0. The predicted octanol–water partition coefficient (Wildman–Crippen LogP) is 3.03. The van der Waals surface area contributed by atoms with Crippen LogP contribution in [0, 0.1) is 0 Å². The Morgan fingerprint density at radius 2 is 1.32 bits per heavy atom. The van der Waals surface area contributed by atoms with E-state index >= 15 is 0 Å². The molecule has 0 spiro atoms. The van der Waals surface area contributed by atoms with Gasteiger partial charge in [0.25, 0.3) is 0 Å². The largest absolute Gasteiger partial charge is 0.475 e. The average molecular weight is 459 g/mol. The van der Waals surface area contributed by atoms with Crippen LogP contribution in [0.15, 0.2) is 70.6 Å². The summed E-state index contributed by atoms with van der Waals surface area (Å²) < 4.78 is 5.67. The van der Waals surface area contributed by atoms with Crippen molar-refractivity contribution in [2.24, 2.45) is 9.98 Å². The highest BCUT2D eigenvalue weighted by Gasteiger charge is 2.34. The van der Waals surface area contributed by atoms with Crippen molar-refractivity contribution in [2.45, 2.75) is 62.7 Å². The van der Waals surface area contributed by atoms with E-state index in [2.05, 4.69) is 15.6 Å². The Labute approximate surface area is 199 Å². The third-order valence-electron chi connectivity index (χ3n) is 6.77. The monoisotopic (exact) mass is 458 g/mol. The first kappa shape index (κ1) is 22.3. The van der Waals surface area contributed by atoms with E-state index in [1.807, 2.05) is 60.7 Å². The summed E-state index contributed by atoms with van der Waals surface area (Å²) in [5, 5.41) is 6.32. The van der Waals surface area contributed by atoms with Gasteiger partial charge >= 0.3 is 0 Å². The molecule has 2 amide bonds. The lowest BCUT2D eigenvalue weighted by Crippen LogP contribution is -2.56. The molecule has 34 heavy (non-hydrogen) atoms. The molecule has 2 heterocycles. The zero-order valence-corrected chi connectivity index (χ0v) is 19.2. The first-order valence-corrected chi connectivity index (χ1v) is 12.2. The molecule has 3 aliphatic rings. The molecule has 2 aromatic carbocycles. The highest BCUT2D eigenvalue weighted by atomic mass is 16.5. The Morgan fingerprint density at radius 3 is 1.97 bits per heavy atom. The van der Waals surface area contributed by atoms with Gasteiger partial charge in [0.2, 0.25) is 17.7 Å². The van der Waals surface area contributed by atoms with Gasteiger partial charge in [0.1, 0.15) is 12.6 Å². The Hall–Kier alpha value is -3.48. The maximum Gasteiger partial charge on any atom is 0.248 e. The van der Waals surface area contributed by atoms with E-state index in [1.165, 1.54) is 0 Å². The smallest absolute Gasteiger partial charge is 0.248 e. The van der Waals surface area contributed by atoms with Gasteiger partial charge in [-0.2, -0.15) is 0 Å². The Kier molecular flexibility index (Phi) is 6.70. The van der Waals surface area contributed by atoms with Gasteiger partial charge in [0.05, 0.1) is 0 Å². The third-order valence-corrected chi connectivity index (χ3v) is 6.77. The first-order chi connectivity index (χ1) is 16.7. The van der Waals surface area contributed by atoms with Crippen molar-refractivity contribution in [1.82, 2.24) is 10.6 Å². The van der Waals surface area contributed by atoms with Crippen LogP contribution in [-0.2, 0) is 14.3 Å². The van der Waals surface area contributed by atoms with Gasteiger partial charge in [-0.3, -0.25) is 14.6 Å². The molecule has 0 radical (unpaired) electrons. The second kappa shape index (κ2) is 10.2. The molecule has 2 aliphatic heterocycles. The van der Waals surface area contributed by atoms with Crippen LogP contribution >= 0.6 is 0 Å². The van der Waals surface area contributed by atoms with Gasteiger partial charge in [-0.25, -0.2) is 4.99 Å². The molecule has 2 N–H and O–H groups in total. The zero-order chi connectivity index (χ0) is 23.3. The van der Waals surface area contributed by atoms with Crippen molar-refractivity contribution >= 4 is 23.4 Å². The van der Waals surface area contributed by atoms with E-state index in [9.17, 15) is 9.59 Å². The van der Waals surface area contributed by atoms with Gasteiger partial charge in [-0.1, -0.05) is 61.4 Å². The zero-order valence-electron chi connectivity index (χ0n) is 19.2. The van der Waals surface area contributed by atoms with E-state index in [0.29, 0.717) is 5.90 Å². The fourth-order valence-corrected chi connectivity index (χ4v) is 4.91. The number of amides is 2. The number of rotatable bonds is 6. The lowest BCUT2D eigenvalue weighted by atomic mass is 9.89. The van der Waals surface area contributed by atoms with Crippen molar-refractivity contribution in [2.75, 3.05) is 6.61 Å². The minimum absolute atomic E-state index is 0.0503. The minimum Gasteiger partial charge on any atom is -0.475 e. The highest BCUT2D eigenvalue weighted by molar-refractivity contribution is 6.04. The van der Waals surface area contributed by atoms with Crippen LogP contribution in [0.1, 0.15) is 49.7 Å². The predicted molar refractivity (Wildman–Crippen MR) is 131 cm³/mol. The summed E-state index contributed by atoms with van der Waals surface area (Å²) in [7, 11) is 0. The molecule has 1 saturated carbocycles. The van der Waals surface area contributed by atoms with Crippen molar-refractivity contribution < 1.29 is 14.3 Å². The third kappa shape index (κ3) is 5.03. The topological polar surface area (TPSA) is 92.2 Å². The SMILES string of the molecule is O=C(N[C@H]1CCCC[C@@H]1NC(=O)[C@@H]1COC(c2ccccc2)=N1)[C@@H]1CCC(c2ccccc2)=N1. The fraction of sp³-hybridized carbons (Fsp3) is 0.407. The molecule has 0 saturated heterocycles. The van der Waals surface area contributed by atoms with Crippen LogP contribution in [0.3, 0.4) is 0 Å². The van der Waals surface area contributed by atoms with Crippen LogP contribution in [0.5, 0.6) is 0 Å². The van der Waals surface area contributed by atoms with Crippen molar-refractivity contribution in [3.05, 3.63) is 71.8 Å². The van der Waals surface area contributed by atoms with Gasteiger partial charge < -0.3 is 15.4 Å². The summed E-state index contributed by atoms with van der Waals surface area (Å²) in [6.45, 7) is 0.235. The summed E-state index contributed by atoms with van der Waals surface area (Å²) in [6, 6.07) is 18.5. The van der Waals surface area contributed by atoms with Crippen molar-refractivity contribution in [1.29, 1.82) is 0 Å². The highest BCUT2D eigenvalue weighted by Crippen LogP contribution is 2.22. The molecular formula is C27H30N4O3. The quantitative estimate of drug-likeness (QED) is 0.697.